The molecule has 0 aromatic heterocycles. The predicted octanol–water partition coefficient (Wildman–Crippen LogP) is 1.20. The first-order valence-corrected chi connectivity index (χ1v) is 4.04. The molecule has 1 saturated heterocycles. The fourth-order valence-corrected chi connectivity index (χ4v) is 1.71. The van der Waals surface area contributed by atoms with Crippen molar-refractivity contribution in [2.45, 2.75) is 31.5 Å². The number of methoxy groups -OCH3 is 1. The Morgan fingerprint density at radius 1 is 1.50 bits per heavy atom. The number of fused-ring (bicyclic) bond motifs is 1. The van der Waals surface area contributed by atoms with Crippen LogP contribution in [0.4, 0.5) is 0 Å². The van der Waals surface area contributed by atoms with Gasteiger partial charge in [0.1, 0.15) is 0 Å². The lowest BCUT2D eigenvalue weighted by molar-refractivity contribution is -0.0395. The Balaban J connectivity index is 1.77. The molecule has 0 spiro atoms. The number of hydrogen-bond acceptors (Lipinski definition) is 2. The van der Waals surface area contributed by atoms with Gasteiger partial charge in [-0.05, 0) is 25.2 Å². The second-order valence-corrected chi connectivity index (χ2v) is 3.33. The Kier molecular flexibility index (Phi) is 1.66. The summed E-state index contributed by atoms with van der Waals surface area (Å²) in [6.45, 7) is 0.781. The molecule has 2 fully saturated rings. The zero-order valence-corrected chi connectivity index (χ0v) is 6.38. The highest BCUT2D eigenvalue weighted by Gasteiger charge is 2.43. The lowest BCUT2D eigenvalue weighted by Gasteiger charge is -2.20. The van der Waals surface area contributed by atoms with Crippen molar-refractivity contribution >= 4 is 0 Å². The molecule has 0 bridgehead atoms. The lowest BCUT2D eigenvalue weighted by Crippen LogP contribution is -2.24. The topological polar surface area (TPSA) is 18.5 Å². The molecule has 0 unspecified atom stereocenters. The molecule has 10 heavy (non-hydrogen) atoms. The third-order valence-electron chi connectivity index (χ3n) is 2.44. The summed E-state index contributed by atoms with van der Waals surface area (Å²) < 4.78 is 10.7. The largest absolute Gasteiger partial charge is 0.382 e. The summed E-state index contributed by atoms with van der Waals surface area (Å²) in [5.74, 6) is 0.910. The molecule has 1 aliphatic heterocycles. The first-order valence-electron chi connectivity index (χ1n) is 4.04. The highest BCUT2D eigenvalue weighted by molar-refractivity contribution is 4.92. The third kappa shape index (κ3) is 1.18. The summed E-state index contributed by atoms with van der Waals surface area (Å²) >= 11 is 0. The Morgan fingerprint density at radius 3 is 3.10 bits per heavy atom. The van der Waals surface area contributed by atoms with E-state index in [0.29, 0.717) is 12.2 Å². The Morgan fingerprint density at radius 2 is 2.40 bits per heavy atom. The molecule has 0 aromatic rings. The Labute approximate surface area is 61.5 Å². The van der Waals surface area contributed by atoms with Gasteiger partial charge in [0.15, 0.2) is 0 Å². The average molecular weight is 142 g/mol. The van der Waals surface area contributed by atoms with Crippen LogP contribution >= 0.6 is 0 Å². The SMILES string of the molecule is COC[C@H]1CC[C@H]2C[C@H]2O1. The van der Waals surface area contributed by atoms with Crippen LogP contribution in [-0.4, -0.2) is 25.9 Å². The van der Waals surface area contributed by atoms with Crippen LogP contribution in [0, 0.1) is 5.92 Å². The third-order valence-corrected chi connectivity index (χ3v) is 2.44. The van der Waals surface area contributed by atoms with Crippen LogP contribution in [0.1, 0.15) is 19.3 Å². The van der Waals surface area contributed by atoms with Gasteiger partial charge in [-0.15, -0.1) is 0 Å². The predicted molar refractivity (Wildman–Crippen MR) is 37.9 cm³/mol. The van der Waals surface area contributed by atoms with Crippen molar-refractivity contribution in [1.29, 1.82) is 0 Å². The fraction of sp³-hybridized carbons (Fsp3) is 1.00. The summed E-state index contributed by atoms with van der Waals surface area (Å²) in [5, 5.41) is 0. The van der Waals surface area contributed by atoms with E-state index in [0.717, 1.165) is 12.5 Å². The second kappa shape index (κ2) is 2.51. The van der Waals surface area contributed by atoms with Gasteiger partial charge in [0, 0.05) is 7.11 Å². The van der Waals surface area contributed by atoms with Crippen LogP contribution in [0.25, 0.3) is 0 Å². The van der Waals surface area contributed by atoms with Gasteiger partial charge in [-0.1, -0.05) is 0 Å². The maximum absolute atomic E-state index is 5.68. The maximum Gasteiger partial charge on any atom is 0.0812 e. The van der Waals surface area contributed by atoms with Gasteiger partial charge in [0.05, 0.1) is 18.8 Å². The summed E-state index contributed by atoms with van der Waals surface area (Å²) in [4.78, 5) is 0. The van der Waals surface area contributed by atoms with E-state index < -0.39 is 0 Å². The van der Waals surface area contributed by atoms with E-state index in [1.807, 2.05) is 0 Å². The number of rotatable bonds is 2. The van der Waals surface area contributed by atoms with Crippen LogP contribution < -0.4 is 0 Å². The second-order valence-electron chi connectivity index (χ2n) is 3.33. The van der Waals surface area contributed by atoms with Crippen molar-refractivity contribution in [3.8, 4) is 0 Å². The smallest absolute Gasteiger partial charge is 0.0812 e. The van der Waals surface area contributed by atoms with Crippen molar-refractivity contribution in [2.75, 3.05) is 13.7 Å². The molecule has 1 heterocycles. The van der Waals surface area contributed by atoms with Crippen molar-refractivity contribution in [1.82, 2.24) is 0 Å². The fourth-order valence-electron chi connectivity index (χ4n) is 1.71. The Bertz CT molecular complexity index is 124. The van der Waals surface area contributed by atoms with Crippen LogP contribution in [0.5, 0.6) is 0 Å². The van der Waals surface area contributed by atoms with E-state index >= 15 is 0 Å². The molecule has 0 N–H and O–H groups in total. The molecule has 2 rings (SSSR count). The van der Waals surface area contributed by atoms with E-state index in [2.05, 4.69) is 0 Å². The summed E-state index contributed by atoms with van der Waals surface area (Å²) in [6, 6.07) is 0. The number of hydrogen-bond donors (Lipinski definition) is 0. The molecule has 0 aromatic carbocycles. The van der Waals surface area contributed by atoms with Gasteiger partial charge >= 0.3 is 0 Å². The first-order chi connectivity index (χ1) is 4.90. The zero-order valence-electron chi connectivity index (χ0n) is 6.38. The van der Waals surface area contributed by atoms with Gasteiger partial charge < -0.3 is 9.47 Å². The van der Waals surface area contributed by atoms with Gasteiger partial charge in [0.25, 0.3) is 0 Å². The van der Waals surface area contributed by atoms with Crippen LogP contribution in [0.15, 0.2) is 0 Å². The molecule has 2 heteroatoms. The van der Waals surface area contributed by atoms with Crippen molar-refractivity contribution < 1.29 is 9.47 Å². The first kappa shape index (κ1) is 6.62. The highest BCUT2D eigenvalue weighted by Crippen LogP contribution is 2.43. The van der Waals surface area contributed by atoms with Crippen LogP contribution in [0.2, 0.25) is 0 Å². The Hall–Kier alpha value is -0.0800. The lowest BCUT2D eigenvalue weighted by atomic mass is 10.1. The van der Waals surface area contributed by atoms with E-state index in [9.17, 15) is 0 Å². The summed E-state index contributed by atoms with van der Waals surface area (Å²) in [6.07, 6.45) is 4.87. The van der Waals surface area contributed by atoms with Crippen LogP contribution in [0.3, 0.4) is 0 Å². The van der Waals surface area contributed by atoms with E-state index in [1.54, 1.807) is 7.11 Å². The standard InChI is InChI=1S/C8H14O2/c1-9-5-7-3-2-6-4-8(6)10-7/h6-8H,2-5H2,1H3/t6-,7+,8+/m0/s1. The minimum absolute atomic E-state index is 0.397. The zero-order chi connectivity index (χ0) is 6.97. The molecule has 2 nitrogen and oxygen atoms in total. The number of ether oxygens (including phenoxy) is 2. The van der Waals surface area contributed by atoms with Gasteiger partial charge in [-0.2, -0.15) is 0 Å². The van der Waals surface area contributed by atoms with Crippen molar-refractivity contribution in [3.63, 3.8) is 0 Å². The maximum atomic E-state index is 5.68. The minimum Gasteiger partial charge on any atom is -0.382 e. The summed E-state index contributed by atoms with van der Waals surface area (Å²) in [5.41, 5.74) is 0. The van der Waals surface area contributed by atoms with E-state index in [4.69, 9.17) is 9.47 Å². The van der Waals surface area contributed by atoms with E-state index in [-0.39, 0.29) is 0 Å². The molecule has 58 valence electrons. The molecule has 0 amide bonds. The monoisotopic (exact) mass is 142 g/mol. The van der Waals surface area contributed by atoms with Crippen molar-refractivity contribution in [2.24, 2.45) is 5.92 Å². The van der Waals surface area contributed by atoms with Gasteiger partial charge in [-0.25, -0.2) is 0 Å². The van der Waals surface area contributed by atoms with E-state index in [1.165, 1.54) is 19.3 Å². The normalized spacial score (nSPS) is 44.7. The molecule has 1 saturated carbocycles. The molecular weight excluding hydrogens is 128 g/mol. The van der Waals surface area contributed by atoms with Crippen LogP contribution in [-0.2, 0) is 9.47 Å². The molecule has 3 atom stereocenters. The molecule has 2 aliphatic rings. The van der Waals surface area contributed by atoms with Crippen molar-refractivity contribution in [3.05, 3.63) is 0 Å². The van der Waals surface area contributed by atoms with Gasteiger partial charge in [0.2, 0.25) is 0 Å². The highest BCUT2D eigenvalue weighted by atomic mass is 16.5. The molecule has 1 aliphatic carbocycles. The minimum atomic E-state index is 0.397. The quantitative estimate of drug-likeness (QED) is 0.576. The van der Waals surface area contributed by atoms with Gasteiger partial charge in [-0.3, -0.25) is 0 Å². The molecule has 0 radical (unpaired) electrons. The summed E-state index contributed by atoms with van der Waals surface area (Å²) in [7, 11) is 1.74. The average Bonchev–Trinajstić information content (AvgIpc) is 2.66. The molecular formula is C8H14O2.